The Kier molecular flexibility index (Phi) is 6.90. The molecule has 2 unspecified atom stereocenters. The van der Waals surface area contributed by atoms with Crippen molar-refractivity contribution in [2.24, 2.45) is 5.92 Å². The van der Waals surface area contributed by atoms with E-state index in [-0.39, 0.29) is 18.4 Å². The van der Waals surface area contributed by atoms with Crippen LogP contribution in [0.2, 0.25) is 0 Å². The molecule has 2 atom stereocenters. The van der Waals surface area contributed by atoms with Gasteiger partial charge in [-0.2, -0.15) is 0 Å². The van der Waals surface area contributed by atoms with Gasteiger partial charge in [0.05, 0.1) is 18.0 Å². The third-order valence-corrected chi connectivity index (χ3v) is 4.67. The number of hydrogen-bond donors (Lipinski definition) is 2. The van der Waals surface area contributed by atoms with Gasteiger partial charge in [-0.1, -0.05) is 42.9 Å². The topological polar surface area (TPSA) is 67.4 Å². The Balaban J connectivity index is 1.95. The molecule has 1 aliphatic rings. The van der Waals surface area contributed by atoms with E-state index in [1.165, 1.54) is 0 Å². The van der Waals surface area contributed by atoms with Crippen molar-refractivity contribution in [3.05, 3.63) is 35.9 Å². The van der Waals surface area contributed by atoms with Gasteiger partial charge in [-0.05, 0) is 52.7 Å². The Hall–Kier alpha value is -2.48. The van der Waals surface area contributed by atoms with Gasteiger partial charge in [0.25, 0.3) is 0 Å². The molecule has 5 heteroatoms. The van der Waals surface area contributed by atoms with Gasteiger partial charge >= 0.3 is 6.09 Å². The fraction of sp³-hybridized carbons (Fsp3) is 0.545. The van der Waals surface area contributed by atoms with E-state index in [4.69, 9.17) is 4.74 Å². The van der Waals surface area contributed by atoms with E-state index in [0.717, 1.165) is 31.2 Å². The summed E-state index contributed by atoms with van der Waals surface area (Å²) >= 11 is 0. The van der Waals surface area contributed by atoms with Gasteiger partial charge in [-0.3, -0.25) is 4.79 Å². The molecule has 2 N–H and O–H groups in total. The minimum Gasteiger partial charge on any atom is -0.444 e. The molecule has 1 fully saturated rings. The smallest absolute Gasteiger partial charge is 0.408 e. The molecule has 0 aromatic heterocycles. The molecule has 0 bridgehead atoms. The third kappa shape index (κ3) is 6.63. The molecule has 0 saturated heterocycles. The fourth-order valence-electron chi connectivity index (χ4n) is 3.36. The first-order chi connectivity index (χ1) is 12.7. The highest BCUT2D eigenvalue weighted by Gasteiger charge is 2.42. The molecule has 2 rings (SSSR count). The van der Waals surface area contributed by atoms with Crippen LogP contribution in [0.4, 0.5) is 4.79 Å². The molecule has 1 aromatic rings. The van der Waals surface area contributed by atoms with E-state index in [0.29, 0.717) is 0 Å². The Morgan fingerprint density at radius 2 is 1.93 bits per heavy atom. The van der Waals surface area contributed by atoms with Crippen molar-refractivity contribution < 1.29 is 14.3 Å². The highest BCUT2D eigenvalue weighted by Crippen LogP contribution is 2.34. The van der Waals surface area contributed by atoms with Crippen molar-refractivity contribution in [2.45, 2.75) is 64.5 Å². The Labute approximate surface area is 162 Å². The molecule has 1 aromatic carbocycles. The van der Waals surface area contributed by atoms with Gasteiger partial charge in [-0.15, -0.1) is 0 Å². The molecule has 1 saturated carbocycles. The van der Waals surface area contributed by atoms with E-state index in [2.05, 4.69) is 22.5 Å². The number of rotatable bonds is 3. The van der Waals surface area contributed by atoms with Crippen molar-refractivity contribution in [3.8, 4) is 11.8 Å². The SMILES string of the molecule is CC(C)(C)OC(=O)NC1(C)CCCCC1C(=O)NCC#Cc1ccccc1. The Bertz CT molecular complexity index is 713. The molecule has 2 amide bonds. The van der Waals surface area contributed by atoms with Gasteiger partial charge in [0.1, 0.15) is 5.60 Å². The number of benzene rings is 1. The molecule has 5 nitrogen and oxygen atoms in total. The molecule has 146 valence electrons. The summed E-state index contributed by atoms with van der Waals surface area (Å²) in [6, 6.07) is 9.65. The van der Waals surface area contributed by atoms with Crippen LogP contribution in [0.25, 0.3) is 0 Å². The summed E-state index contributed by atoms with van der Waals surface area (Å²) in [4.78, 5) is 25.0. The van der Waals surface area contributed by atoms with Gasteiger partial charge in [0, 0.05) is 5.56 Å². The summed E-state index contributed by atoms with van der Waals surface area (Å²) in [7, 11) is 0. The van der Waals surface area contributed by atoms with Crippen LogP contribution in [0.1, 0.15) is 58.9 Å². The number of carbonyl (C=O) groups is 2. The maximum Gasteiger partial charge on any atom is 0.408 e. The number of carbonyl (C=O) groups excluding carboxylic acids is 2. The Morgan fingerprint density at radius 1 is 1.22 bits per heavy atom. The number of hydrogen-bond acceptors (Lipinski definition) is 3. The largest absolute Gasteiger partial charge is 0.444 e. The summed E-state index contributed by atoms with van der Waals surface area (Å²) in [6.45, 7) is 7.69. The molecule has 1 aliphatic carbocycles. The summed E-state index contributed by atoms with van der Waals surface area (Å²) in [5.74, 6) is 5.64. The quantitative estimate of drug-likeness (QED) is 0.799. The molecule has 27 heavy (non-hydrogen) atoms. The molecule has 0 spiro atoms. The molecular formula is C22H30N2O3. The third-order valence-electron chi connectivity index (χ3n) is 4.67. The first-order valence-corrected chi connectivity index (χ1v) is 9.52. The second kappa shape index (κ2) is 8.94. The summed E-state index contributed by atoms with van der Waals surface area (Å²) in [6.07, 6.45) is 2.96. The highest BCUT2D eigenvalue weighted by molar-refractivity contribution is 5.81. The molecular weight excluding hydrogens is 340 g/mol. The van der Waals surface area contributed by atoms with Crippen molar-refractivity contribution in [1.82, 2.24) is 10.6 Å². The van der Waals surface area contributed by atoms with Gasteiger partial charge < -0.3 is 15.4 Å². The normalized spacial score (nSPS) is 22.1. The van der Waals surface area contributed by atoms with E-state index in [9.17, 15) is 9.59 Å². The first-order valence-electron chi connectivity index (χ1n) is 9.52. The number of amides is 2. The highest BCUT2D eigenvalue weighted by atomic mass is 16.6. The lowest BCUT2D eigenvalue weighted by Gasteiger charge is -2.41. The average Bonchev–Trinajstić information content (AvgIpc) is 2.57. The van der Waals surface area contributed by atoms with E-state index < -0.39 is 17.2 Å². The predicted octanol–water partition coefficient (Wildman–Crippen LogP) is 3.63. The Morgan fingerprint density at radius 3 is 2.59 bits per heavy atom. The second-order valence-electron chi connectivity index (χ2n) is 8.23. The molecule has 0 aliphatic heterocycles. The maximum atomic E-state index is 12.7. The monoisotopic (exact) mass is 370 g/mol. The zero-order chi connectivity index (χ0) is 19.9. The van der Waals surface area contributed by atoms with E-state index in [1.807, 2.05) is 58.0 Å². The van der Waals surface area contributed by atoms with E-state index in [1.54, 1.807) is 0 Å². The molecule has 0 heterocycles. The first kappa shape index (κ1) is 20.8. The second-order valence-corrected chi connectivity index (χ2v) is 8.23. The van der Waals surface area contributed by atoms with Crippen LogP contribution in [0, 0.1) is 17.8 Å². The maximum absolute atomic E-state index is 12.7. The van der Waals surface area contributed by atoms with Crippen LogP contribution in [0.3, 0.4) is 0 Å². The van der Waals surface area contributed by atoms with Crippen molar-refractivity contribution in [1.29, 1.82) is 0 Å². The summed E-state index contributed by atoms with van der Waals surface area (Å²) in [5.41, 5.74) is -0.266. The zero-order valence-electron chi connectivity index (χ0n) is 16.7. The lowest BCUT2D eigenvalue weighted by Crippen LogP contribution is -2.58. The van der Waals surface area contributed by atoms with Gasteiger partial charge in [-0.25, -0.2) is 4.79 Å². The van der Waals surface area contributed by atoms with Crippen LogP contribution < -0.4 is 10.6 Å². The minimum atomic E-state index is -0.614. The van der Waals surface area contributed by atoms with Gasteiger partial charge in [0.15, 0.2) is 0 Å². The summed E-state index contributed by atoms with van der Waals surface area (Å²) < 4.78 is 5.38. The predicted molar refractivity (Wildman–Crippen MR) is 106 cm³/mol. The minimum absolute atomic E-state index is 0.0735. The number of alkyl carbamates (subject to hydrolysis) is 1. The van der Waals surface area contributed by atoms with E-state index >= 15 is 0 Å². The van der Waals surface area contributed by atoms with Crippen LogP contribution in [0.5, 0.6) is 0 Å². The average molecular weight is 370 g/mol. The zero-order valence-corrected chi connectivity index (χ0v) is 16.7. The van der Waals surface area contributed by atoms with Crippen molar-refractivity contribution in [2.75, 3.05) is 6.54 Å². The van der Waals surface area contributed by atoms with Crippen molar-refractivity contribution in [3.63, 3.8) is 0 Å². The lowest BCUT2D eigenvalue weighted by atomic mass is 9.73. The van der Waals surface area contributed by atoms with Crippen LogP contribution >= 0.6 is 0 Å². The van der Waals surface area contributed by atoms with Crippen LogP contribution in [0.15, 0.2) is 30.3 Å². The van der Waals surface area contributed by atoms with Crippen LogP contribution in [-0.2, 0) is 9.53 Å². The number of ether oxygens (including phenoxy) is 1. The lowest BCUT2D eigenvalue weighted by molar-refractivity contribution is -0.128. The van der Waals surface area contributed by atoms with Gasteiger partial charge in [0.2, 0.25) is 5.91 Å². The fourth-order valence-corrected chi connectivity index (χ4v) is 3.36. The van der Waals surface area contributed by atoms with Crippen molar-refractivity contribution >= 4 is 12.0 Å². The standard InChI is InChI=1S/C22H30N2O3/c1-21(2,3)27-20(26)24-22(4)15-9-8-14-18(22)19(25)23-16-10-13-17-11-6-5-7-12-17/h5-7,11-12,18H,8-9,14-16H2,1-4H3,(H,23,25)(H,24,26). The number of nitrogens with one attached hydrogen (secondary N) is 2. The summed E-state index contributed by atoms with van der Waals surface area (Å²) in [5, 5.41) is 5.84. The van der Waals surface area contributed by atoms with Crippen LogP contribution in [-0.4, -0.2) is 29.7 Å². The molecule has 0 radical (unpaired) electrons.